The summed E-state index contributed by atoms with van der Waals surface area (Å²) in [6.07, 6.45) is 2.60. The first kappa shape index (κ1) is 11.0. The molecule has 86 valence electrons. The van der Waals surface area contributed by atoms with Crippen LogP contribution >= 0.6 is 23.5 Å². The molecule has 1 N–H and O–H groups in total. The second-order valence-electron chi connectivity index (χ2n) is 4.52. The van der Waals surface area contributed by atoms with Crippen molar-refractivity contribution in [3.8, 4) is 0 Å². The third-order valence-corrected chi connectivity index (χ3v) is 5.76. The van der Waals surface area contributed by atoms with Crippen LogP contribution in [-0.2, 0) is 6.42 Å². The van der Waals surface area contributed by atoms with Gasteiger partial charge in [0.25, 0.3) is 0 Å². The van der Waals surface area contributed by atoms with Gasteiger partial charge in [-0.1, -0.05) is 18.2 Å². The summed E-state index contributed by atoms with van der Waals surface area (Å²) >= 11 is 4.13. The molecule has 1 fully saturated rings. The number of hydrogen-bond acceptors (Lipinski definition) is 3. The van der Waals surface area contributed by atoms with Crippen molar-refractivity contribution in [1.29, 1.82) is 0 Å². The van der Waals surface area contributed by atoms with Gasteiger partial charge in [0.1, 0.15) is 0 Å². The van der Waals surface area contributed by atoms with Gasteiger partial charge in [-0.05, 0) is 30.2 Å². The normalized spacial score (nSPS) is 28.2. The van der Waals surface area contributed by atoms with E-state index in [9.17, 15) is 0 Å². The van der Waals surface area contributed by atoms with Crippen LogP contribution in [0.15, 0.2) is 29.2 Å². The lowest BCUT2D eigenvalue weighted by Crippen LogP contribution is -2.34. The van der Waals surface area contributed by atoms with Crippen molar-refractivity contribution in [2.24, 2.45) is 0 Å². The van der Waals surface area contributed by atoms with Crippen molar-refractivity contribution in [2.45, 2.75) is 29.0 Å². The summed E-state index contributed by atoms with van der Waals surface area (Å²) in [4.78, 5) is 1.50. The summed E-state index contributed by atoms with van der Waals surface area (Å²) in [5.41, 5.74) is 1.54. The van der Waals surface area contributed by atoms with E-state index in [1.165, 1.54) is 35.8 Å². The molecule has 1 aromatic rings. The summed E-state index contributed by atoms with van der Waals surface area (Å²) in [5, 5.41) is 4.47. The number of nitrogens with one attached hydrogen (secondary N) is 1. The summed E-state index contributed by atoms with van der Waals surface area (Å²) in [5.74, 6) is 2.65. The van der Waals surface area contributed by atoms with E-state index in [4.69, 9.17) is 0 Å². The monoisotopic (exact) mass is 251 g/mol. The Hall–Kier alpha value is -0.120. The molecule has 0 radical (unpaired) electrons. The first-order valence-corrected chi connectivity index (χ1v) is 8.01. The van der Waals surface area contributed by atoms with Gasteiger partial charge in [-0.2, -0.15) is 11.8 Å². The second kappa shape index (κ2) is 5.03. The van der Waals surface area contributed by atoms with E-state index >= 15 is 0 Å². The van der Waals surface area contributed by atoms with Crippen LogP contribution in [-0.4, -0.2) is 29.3 Å². The van der Waals surface area contributed by atoms with Gasteiger partial charge >= 0.3 is 0 Å². The zero-order valence-electron chi connectivity index (χ0n) is 9.32. The van der Waals surface area contributed by atoms with Crippen molar-refractivity contribution in [3.05, 3.63) is 29.8 Å². The molecule has 0 aliphatic carbocycles. The molecule has 2 atom stereocenters. The molecule has 0 saturated carbocycles. The minimum absolute atomic E-state index is 0.753. The molecular weight excluding hydrogens is 234 g/mol. The first-order valence-electron chi connectivity index (χ1n) is 5.97. The molecule has 1 saturated heterocycles. The minimum Gasteiger partial charge on any atom is -0.312 e. The Labute approximate surface area is 106 Å². The Morgan fingerprint density at radius 2 is 2.25 bits per heavy atom. The number of thioether (sulfide) groups is 2. The van der Waals surface area contributed by atoms with Gasteiger partial charge in [-0.15, -0.1) is 11.8 Å². The van der Waals surface area contributed by atoms with Gasteiger partial charge in [-0.3, -0.25) is 0 Å². The van der Waals surface area contributed by atoms with Gasteiger partial charge in [0.05, 0.1) is 0 Å². The molecule has 1 nitrogen and oxygen atoms in total. The van der Waals surface area contributed by atoms with E-state index < -0.39 is 0 Å². The number of hydrogen-bond donors (Lipinski definition) is 1. The van der Waals surface area contributed by atoms with Crippen LogP contribution in [0.1, 0.15) is 12.0 Å². The molecule has 3 heteroatoms. The molecule has 1 aromatic carbocycles. The molecule has 0 aromatic heterocycles. The molecule has 2 unspecified atom stereocenters. The van der Waals surface area contributed by atoms with E-state index in [0.717, 1.165) is 11.3 Å². The maximum atomic E-state index is 3.72. The molecule has 0 spiro atoms. The highest BCUT2D eigenvalue weighted by molar-refractivity contribution is 8.00. The smallest absolute Gasteiger partial charge is 0.0260 e. The fourth-order valence-corrected chi connectivity index (χ4v) is 4.81. The van der Waals surface area contributed by atoms with E-state index in [1.807, 2.05) is 0 Å². The predicted molar refractivity (Wildman–Crippen MR) is 73.5 cm³/mol. The number of fused-ring (bicyclic) bond motifs is 1. The highest BCUT2D eigenvalue weighted by Gasteiger charge is 2.23. The Kier molecular flexibility index (Phi) is 3.46. The maximum absolute atomic E-state index is 3.72. The van der Waals surface area contributed by atoms with Crippen molar-refractivity contribution in [1.82, 2.24) is 5.32 Å². The molecule has 16 heavy (non-hydrogen) atoms. The third-order valence-electron chi connectivity index (χ3n) is 3.28. The molecule has 2 aliphatic rings. The van der Waals surface area contributed by atoms with Crippen LogP contribution in [0, 0.1) is 0 Å². The average Bonchev–Trinajstić information content (AvgIpc) is 2.95. The molecule has 2 heterocycles. The summed E-state index contributed by atoms with van der Waals surface area (Å²) in [6, 6.07) is 9.60. The van der Waals surface area contributed by atoms with Gasteiger partial charge in [0.15, 0.2) is 0 Å². The number of benzene rings is 1. The molecule has 0 bridgehead atoms. The van der Waals surface area contributed by atoms with Gasteiger partial charge in [0.2, 0.25) is 0 Å². The fourth-order valence-electron chi connectivity index (χ4n) is 2.36. The zero-order valence-corrected chi connectivity index (χ0v) is 10.9. The van der Waals surface area contributed by atoms with E-state index in [1.54, 1.807) is 5.56 Å². The van der Waals surface area contributed by atoms with Gasteiger partial charge < -0.3 is 5.32 Å². The highest BCUT2D eigenvalue weighted by atomic mass is 32.2. The first-order chi connectivity index (χ1) is 7.92. The van der Waals surface area contributed by atoms with Crippen molar-refractivity contribution < 1.29 is 0 Å². The number of rotatable bonds is 3. The van der Waals surface area contributed by atoms with Crippen LogP contribution in [0.5, 0.6) is 0 Å². The van der Waals surface area contributed by atoms with Gasteiger partial charge in [-0.25, -0.2) is 0 Å². The lowest BCUT2D eigenvalue weighted by Gasteiger charge is -2.14. The average molecular weight is 251 g/mol. The van der Waals surface area contributed by atoms with Crippen molar-refractivity contribution in [2.75, 3.05) is 18.1 Å². The Balaban J connectivity index is 1.52. The summed E-state index contributed by atoms with van der Waals surface area (Å²) in [7, 11) is 0. The van der Waals surface area contributed by atoms with E-state index in [2.05, 4.69) is 53.1 Å². The van der Waals surface area contributed by atoms with Crippen LogP contribution in [0.4, 0.5) is 0 Å². The van der Waals surface area contributed by atoms with Crippen LogP contribution in [0.3, 0.4) is 0 Å². The van der Waals surface area contributed by atoms with Crippen LogP contribution < -0.4 is 5.32 Å². The second-order valence-corrected chi connectivity index (χ2v) is 7.01. The molecule has 0 amide bonds. The standard InChI is InChI=1S/C13H17NS2/c1-2-4-13-10(3-1)7-12(16-13)8-14-11-5-6-15-9-11/h1-4,11-12,14H,5-9H2. The molecular formula is C13H17NS2. The lowest BCUT2D eigenvalue weighted by molar-refractivity contribution is 0.552. The quantitative estimate of drug-likeness (QED) is 0.887. The predicted octanol–water partition coefficient (Wildman–Crippen LogP) is 2.80. The molecule has 3 rings (SSSR count). The Morgan fingerprint density at radius 1 is 1.31 bits per heavy atom. The minimum atomic E-state index is 0.753. The Bertz CT molecular complexity index is 336. The largest absolute Gasteiger partial charge is 0.312 e. The SMILES string of the molecule is c1ccc2c(c1)CC(CNC1CCSC1)S2. The lowest BCUT2D eigenvalue weighted by atomic mass is 10.1. The topological polar surface area (TPSA) is 12.0 Å². The van der Waals surface area contributed by atoms with Crippen LogP contribution in [0.2, 0.25) is 0 Å². The summed E-state index contributed by atoms with van der Waals surface area (Å²) < 4.78 is 0. The highest BCUT2D eigenvalue weighted by Crippen LogP contribution is 2.36. The molecule has 2 aliphatic heterocycles. The van der Waals surface area contributed by atoms with Crippen LogP contribution in [0.25, 0.3) is 0 Å². The van der Waals surface area contributed by atoms with Gasteiger partial charge in [0, 0.05) is 28.5 Å². The summed E-state index contributed by atoms with van der Waals surface area (Å²) in [6.45, 7) is 1.17. The van der Waals surface area contributed by atoms with E-state index in [0.29, 0.717) is 0 Å². The maximum Gasteiger partial charge on any atom is 0.0260 e. The van der Waals surface area contributed by atoms with Crippen molar-refractivity contribution >= 4 is 23.5 Å². The van der Waals surface area contributed by atoms with Crippen molar-refractivity contribution in [3.63, 3.8) is 0 Å². The fraction of sp³-hybridized carbons (Fsp3) is 0.538. The zero-order chi connectivity index (χ0) is 10.8. The third kappa shape index (κ3) is 2.41. The van der Waals surface area contributed by atoms with E-state index in [-0.39, 0.29) is 0 Å². The Morgan fingerprint density at radius 3 is 3.06 bits per heavy atom.